The molecule has 0 aromatic heterocycles. The van der Waals surface area contributed by atoms with Crippen LogP contribution in [0.5, 0.6) is 0 Å². The lowest BCUT2D eigenvalue weighted by molar-refractivity contribution is 0.258. The Balaban J connectivity index is 2.38. The van der Waals surface area contributed by atoms with E-state index in [1.165, 1.54) is 64.2 Å². The predicted molar refractivity (Wildman–Crippen MR) is 92.4 cm³/mol. The first-order valence-electron chi connectivity index (χ1n) is 9.29. The molecule has 1 aliphatic rings. The van der Waals surface area contributed by atoms with Crippen LogP contribution < -0.4 is 0 Å². The van der Waals surface area contributed by atoms with Crippen molar-refractivity contribution in [3.63, 3.8) is 0 Å². The Kier molecular flexibility index (Phi) is 9.62. The highest BCUT2D eigenvalue weighted by Crippen LogP contribution is 2.33. The molecule has 1 saturated heterocycles. The maximum Gasteiger partial charge on any atom is 0.150 e. The van der Waals surface area contributed by atoms with E-state index in [-0.39, 0.29) is 0 Å². The Morgan fingerprint density at radius 1 is 0.810 bits per heavy atom. The van der Waals surface area contributed by atoms with Crippen LogP contribution in [0.15, 0.2) is 0 Å². The molecule has 126 valence electrons. The molecule has 0 radical (unpaired) electrons. The first-order valence-corrected chi connectivity index (χ1v) is 11.1. The Hall–Kier alpha value is -0.0500. The van der Waals surface area contributed by atoms with Crippen LogP contribution in [0.3, 0.4) is 0 Å². The van der Waals surface area contributed by atoms with Gasteiger partial charge in [-0.1, -0.05) is 78.1 Å². The Bertz CT molecular complexity index is 322. The van der Waals surface area contributed by atoms with E-state index in [0.717, 1.165) is 18.8 Å². The maximum atomic E-state index is 11.6. The van der Waals surface area contributed by atoms with Crippen LogP contribution in [0.2, 0.25) is 0 Å². The van der Waals surface area contributed by atoms with Crippen LogP contribution in [0.4, 0.5) is 0 Å². The summed E-state index contributed by atoms with van der Waals surface area (Å²) in [6.45, 7) is 4.52. The molecule has 0 spiro atoms. The summed E-state index contributed by atoms with van der Waals surface area (Å²) < 4.78 is 23.2. The van der Waals surface area contributed by atoms with Crippen LogP contribution >= 0.6 is 0 Å². The lowest BCUT2D eigenvalue weighted by Gasteiger charge is -2.30. The molecule has 0 unspecified atom stereocenters. The predicted octanol–water partition coefficient (Wildman–Crippen LogP) is 5.37. The molecule has 2 nitrogen and oxygen atoms in total. The summed E-state index contributed by atoms with van der Waals surface area (Å²) in [4.78, 5) is 0. The van der Waals surface area contributed by atoms with Gasteiger partial charge in [-0.15, -0.1) is 0 Å². The van der Waals surface area contributed by atoms with Gasteiger partial charge in [0.15, 0.2) is 0 Å². The molecule has 1 rings (SSSR count). The Labute approximate surface area is 133 Å². The summed E-state index contributed by atoms with van der Waals surface area (Å²) >= 11 is 0. The van der Waals surface area contributed by atoms with Crippen molar-refractivity contribution in [2.75, 3.05) is 11.5 Å². The summed E-state index contributed by atoms with van der Waals surface area (Å²) in [5.74, 6) is 2.35. The second-order valence-electron chi connectivity index (χ2n) is 6.95. The van der Waals surface area contributed by atoms with E-state index >= 15 is 0 Å². The topological polar surface area (TPSA) is 34.1 Å². The van der Waals surface area contributed by atoms with E-state index in [2.05, 4.69) is 13.8 Å². The molecule has 0 aliphatic carbocycles. The Morgan fingerprint density at radius 3 is 1.71 bits per heavy atom. The van der Waals surface area contributed by atoms with Crippen molar-refractivity contribution >= 4 is 9.84 Å². The zero-order valence-corrected chi connectivity index (χ0v) is 15.1. The van der Waals surface area contributed by atoms with Gasteiger partial charge in [0.05, 0.1) is 11.5 Å². The summed E-state index contributed by atoms with van der Waals surface area (Å²) in [7, 11) is -2.71. The maximum absolute atomic E-state index is 11.6. The van der Waals surface area contributed by atoms with Crippen LogP contribution in [0.25, 0.3) is 0 Å². The quantitative estimate of drug-likeness (QED) is 0.480. The fourth-order valence-electron chi connectivity index (χ4n) is 3.66. The van der Waals surface area contributed by atoms with Crippen molar-refractivity contribution in [2.24, 2.45) is 11.8 Å². The van der Waals surface area contributed by atoms with Crippen LogP contribution in [-0.2, 0) is 9.84 Å². The average molecular weight is 317 g/mol. The molecule has 0 amide bonds. The van der Waals surface area contributed by atoms with Gasteiger partial charge in [0, 0.05) is 0 Å². The SMILES string of the molecule is CCCCCCC(CCCCCC)C1CCS(=O)(=O)CC1. The lowest BCUT2D eigenvalue weighted by atomic mass is 9.80. The van der Waals surface area contributed by atoms with Crippen molar-refractivity contribution in [1.29, 1.82) is 0 Å². The number of unbranched alkanes of at least 4 members (excludes halogenated alkanes) is 6. The van der Waals surface area contributed by atoms with Gasteiger partial charge in [0.1, 0.15) is 9.84 Å². The molecular formula is C18H36O2S. The second kappa shape index (κ2) is 10.6. The zero-order chi connectivity index (χ0) is 15.6. The van der Waals surface area contributed by atoms with Gasteiger partial charge in [0.2, 0.25) is 0 Å². The molecule has 0 bridgehead atoms. The average Bonchev–Trinajstić information content (AvgIpc) is 2.46. The number of hydrogen-bond donors (Lipinski definition) is 0. The lowest BCUT2D eigenvalue weighted by Crippen LogP contribution is -2.28. The van der Waals surface area contributed by atoms with Crippen molar-refractivity contribution in [3.05, 3.63) is 0 Å². The summed E-state index contributed by atoms with van der Waals surface area (Å²) in [5.41, 5.74) is 0. The van der Waals surface area contributed by atoms with Gasteiger partial charge in [0.25, 0.3) is 0 Å². The highest BCUT2D eigenvalue weighted by molar-refractivity contribution is 7.91. The molecule has 1 heterocycles. The second-order valence-corrected chi connectivity index (χ2v) is 9.25. The smallest absolute Gasteiger partial charge is 0.150 e. The molecule has 0 aromatic rings. The third-order valence-electron chi connectivity index (χ3n) is 5.12. The van der Waals surface area contributed by atoms with Crippen molar-refractivity contribution in [1.82, 2.24) is 0 Å². The molecule has 0 aromatic carbocycles. The molecule has 21 heavy (non-hydrogen) atoms. The van der Waals surface area contributed by atoms with Crippen molar-refractivity contribution in [2.45, 2.75) is 90.9 Å². The zero-order valence-electron chi connectivity index (χ0n) is 14.3. The first-order chi connectivity index (χ1) is 10.1. The minimum Gasteiger partial charge on any atom is -0.229 e. The Morgan fingerprint density at radius 2 is 1.29 bits per heavy atom. The van der Waals surface area contributed by atoms with Gasteiger partial charge in [-0.25, -0.2) is 8.42 Å². The molecule has 3 heteroatoms. The monoisotopic (exact) mass is 316 g/mol. The van der Waals surface area contributed by atoms with Crippen LogP contribution in [0, 0.1) is 11.8 Å². The van der Waals surface area contributed by atoms with Crippen LogP contribution in [0.1, 0.15) is 90.9 Å². The van der Waals surface area contributed by atoms with E-state index in [9.17, 15) is 8.42 Å². The molecule has 0 saturated carbocycles. The van der Waals surface area contributed by atoms with E-state index in [0.29, 0.717) is 17.4 Å². The summed E-state index contributed by atoms with van der Waals surface area (Å²) in [5, 5.41) is 0. The van der Waals surface area contributed by atoms with E-state index in [4.69, 9.17) is 0 Å². The van der Waals surface area contributed by atoms with Crippen LogP contribution in [-0.4, -0.2) is 19.9 Å². The minimum absolute atomic E-state index is 0.443. The molecule has 1 fully saturated rings. The molecule has 1 aliphatic heterocycles. The first kappa shape index (κ1) is 19.0. The standard InChI is InChI=1S/C18H36O2S/c1-3-5-7-9-11-17(12-10-8-6-4-2)18-13-15-21(19,20)16-14-18/h17-18H,3-16H2,1-2H3. The highest BCUT2D eigenvalue weighted by Gasteiger charge is 2.28. The number of hydrogen-bond acceptors (Lipinski definition) is 2. The van der Waals surface area contributed by atoms with E-state index in [1.807, 2.05) is 0 Å². The fraction of sp³-hybridized carbons (Fsp3) is 1.00. The minimum atomic E-state index is -2.71. The van der Waals surface area contributed by atoms with Gasteiger partial charge >= 0.3 is 0 Å². The van der Waals surface area contributed by atoms with Gasteiger partial charge in [-0.05, 0) is 24.7 Å². The van der Waals surface area contributed by atoms with Crippen molar-refractivity contribution < 1.29 is 8.42 Å². The molecule has 0 N–H and O–H groups in total. The summed E-state index contributed by atoms with van der Waals surface area (Å²) in [6, 6.07) is 0. The van der Waals surface area contributed by atoms with Gasteiger partial charge < -0.3 is 0 Å². The van der Waals surface area contributed by atoms with Gasteiger partial charge in [-0.2, -0.15) is 0 Å². The van der Waals surface area contributed by atoms with E-state index < -0.39 is 9.84 Å². The third-order valence-corrected chi connectivity index (χ3v) is 6.84. The highest BCUT2D eigenvalue weighted by atomic mass is 32.2. The number of rotatable bonds is 11. The molecular weight excluding hydrogens is 280 g/mol. The normalized spacial score (nSPS) is 19.2. The van der Waals surface area contributed by atoms with Gasteiger partial charge in [-0.3, -0.25) is 0 Å². The third kappa shape index (κ3) is 8.23. The largest absolute Gasteiger partial charge is 0.229 e. The van der Waals surface area contributed by atoms with Crippen molar-refractivity contribution in [3.8, 4) is 0 Å². The fourth-order valence-corrected chi connectivity index (χ4v) is 5.19. The number of sulfone groups is 1. The molecule has 0 atom stereocenters. The van der Waals surface area contributed by atoms with E-state index in [1.54, 1.807) is 0 Å². The summed E-state index contributed by atoms with van der Waals surface area (Å²) in [6.07, 6.45) is 15.2.